The Hall–Kier alpha value is -2.00. The predicted molar refractivity (Wildman–Crippen MR) is 116 cm³/mol. The number of imidazole rings is 1. The molecule has 0 fully saturated rings. The predicted octanol–water partition coefficient (Wildman–Crippen LogP) is 6.49. The van der Waals surface area contributed by atoms with Crippen LogP contribution in [0.1, 0.15) is 44.2 Å². The van der Waals surface area contributed by atoms with Crippen molar-refractivity contribution >= 4 is 11.8 Å². The lowest BCUT2D eigenvalue weighted by atomic mass is 9.81. The first-order chi connectivity index (χ1) is 13.1. The van der Waals surface area contributed by atoms with E-state index in [0.29, 0.717) is 11.8 Å². The summed E-state index contributed by atoms with van der Waals surface area (Å²) < 4.78 is 2.18. The second-order valence-corrected chi connectivity index (χ2v) is 8.89. The van der Waals surface area contributed by atoms with Crippen LogP contribution in [0, 0.1) is 11.8 Å². The van der Waals surface area contributed by atoms with E-state index in [1.807, 2.05) is 30.5 Å². The highest BCUT2D eigenvalue weighted by Crippen LogP contribution is 2.34. The fourth-order valence-electron chi connectivity index (χ4n) is 3.53. The molecular weight excluding hydrogens is 348 g/mol. The first-order valence-electron chi connectivity index (χ1n) is 9.87. The summed E-state index contributed by atoms with van der Waals surface area (Å²) in [5, 5.41) is 0. The summed E-state index contributed by atoms with van der Waals surface area (Å²) in [7, 11) is 0. The summed E-state index contributed by atoms with van der Waals surface area (Å²) >= 11 is 1.96. The van der Waals surface area contributed by atoms with Crippen LogP contribution in [0.15, 0.2) is 78.2 Å². The normalized spacial score (nSPS) is 13.6. The van der Waals surface area contributed by atoms with Gasteiger partial charge >= 0.3 is 0 Å². The van der Waals surface area contributed by atoms with Crippen LogP contribution in [0.2, 0.25) is 0 Å². The number of aromatic nitrogens is 2. The molecule has 3 heteroatoms. The molecule has 1 aromatic heterocycles. The number of benzene rings is 2. The number of nitrogens with zero attached hydrogens (tertiary/aromatic N) is 2. The van der Waals surface area contributed by atoms with Crippen LogP contribution in [0.25, 0.3) is 0 Å². The van der Waals surface area contributed by atoms with Gasteiger partial charge in [-0.2, -0.15) is 0 Å². The summed E-state index contributed by atoms with van der Waals surface area (Å²) in [5.74, 6) is 2.81. The van der Waals surface area contributed by atoms with E-state index in [1.165, 1.54) is 28.2 Å². The third-order valence-electron chi connectivity index (χ3n) is 4.99. The highest BCUT2D eigenvalue weighted by Gasteiger charge is 2.21. The quantitative estimate of drug-likeness (QED) is 0.396. The van der Waals surface area contributed by atoms with E-state index in [4.69, 9.17) is 0 Å². The summed E-state index contributed by atoms with van der Waals surface area (Å²) in [6, 6.07) is 20.1. The van der Waals surface area contributed by atoms with Crippen molar-refractivity contribution in [3.8, 4) is 0 Å². The Morgan fingerprint density at radius 1 is 0.926 bits per heavy atom. The lowest BCUT2D eigenvalue weighted by Gasteiger charge is -2.26. The fraction of sp³-hybridized carbons (Fsp3) is 0.375. The van der Waals surface area contributed by atoms with E-state index >= 15 is 0 Å². The van der Waals surface area contributed by atoms with E-state index in [1.54, 1.807) is 0 Å². The molecule has 0 bridgehead atoms. The maximum Gasteiger partial charge on any atom is 0.0946 e. The molecule has 0 aliphatic rings. The molecule has 0 saturated heterocycles. The van der Waals surface area contributed by atoms with Crippen LogP contribution in [0.4, 0.5) is 0 Å². The number of thioether (sulfide) groups is 1. The van der Waals surface area contributed by atoms with E-state index < -0.39 is 0 Å². The summed E-state index contributed by atoms with van der Waals surface area (Å²) in [4.78, 5) is 5.56. The zero-order valence-electron chi connectivity index (χ0n) is 16.6. The average molecular weight is 379 g/mol. The minimum Gasteiger partial charge on any atom is -0.337 e. The molecule has 2 unspecified atom stereocenters. The van der Waals surface area contributed by atoms with Gasteiger partial charge in [-0.05, 0) is 47.3 Å². The average Bonchev–Trinajstić information content (AvgIpc) is 3.17. The summed E-state index contributed by atoms with van der Waals surface area (Å²) in [6.07, 6.45) is 7.08. The van der Waals surface area contributed by atoms with E-state index in [9.17, 15) is 0 Å². The van der Waals surface area contributed by atoms with Crippen LogP contribution >= 0.6 is 11.8 Å². The maximum absolute atomic E-state index is 4.19. The standard InChI is InChI=1S/C24H30N2S/c1-19(2)13-16-27-23-11-9-22(10-12-23)24(21-7-5-4-6-8-21)20(3)17-26-15-14-25-18-26/h4-12,14-15,18-20,24H,13,16-17H2,1-3H3. The Morgan fingerprint density at radius 3 is 2.26 bits per heavy atom. The molecule has 0 saturated carbocycles. The third-order valence-corrected chi connectivity index (χ3v) is 6.03. The molecule has 2 atom stereocenters. The van der Waals surface area contributed by atoms with Gasteiger partial charge in [-0.15, -0.1) is 11.8 Å². The summed E-state index contributed by atoms with van der Waals surface area (Å²) in [5.41, 5.74) is 2.77. The van der Waals surface area contributed by atoms with Gasteiger partial charge < -0.3 is 4.57 Å². The van der Waals surface area contributed by atoms with Crippen molar-refractivity contribution in [2.75, 3.05) is 5.75 Å². The van der Waals surface area contributed by atoms with Crippen molar-refractivity contribution < 1.29 is 0 Å². The van der Waals surface area contributed by atoms with Crippen molar-refractivity contribution in [3.63, 3.8) is 0 Å². The molecule has 2 aromatic carbocycles. The number of rotatable bonds is 9. The first-order valence-corrected chi connectivity index (χ1v) is 10.9. The molecule has 0 N–H and O–H groups in total. The molecule has 3 aromatic rings. The van der Waals surface area contributed by atoms with E-state index in [0.717, 1.165) is 12.5 Å². The van der Waals surface area contributed by atoms with Gasteiger partial charge in [0, 0.05) is 29.8 Å². The van der Waals surface area contributed by atoms with Crippen LogP contribution in [-0.4, -0.2) is 15.3 Å². The van der Waals surface area contributed by atoms with Crippen molar-refractivity contribution in [2.24, 2.45) is 11.8 Å². The minimum absolute atomic E-state index is 0.378. The third kappa shape index (κ3) is 5.74. The van der Waals surface area contributed by atoms with Gasteiger partial charge in [-0.25, -0.2) is 4.98 Å². The van der Waals surface area contributed by atoms with Crippen molar-refractivity contribution in [1.82, 2.24) is 9.55 Å². The summed E-state index contributed by atoms with van der Waals surface area (Å²) in [6.45, 7) is 7.87. The first kappa shape index (κ1) is 19.8. The van der Waals surface area contributed by atoms with Crippen LogP contribution < -0.4 is 0 Å². The zero-order valence-corrected chi connectivity index (χ0v) is 17.4. The van der Waals surface area contributed by atoms with Gasteiger partial charge in [0.1, 0.15) is 0 Å². The van der Waals surface area contributed by atoms with Crippen LogP contribution in [-0.2, 0) is 6.54 Å². The second-order valence-electron chi connectivity index (χ2n) is 7.73. The van der Waals surface area contributed by atoms with Crippen molar-refractivity contribution in [2.45, 2.75) is 44.6 Å². The lowest BCUT2D eigenvalue weighted by Crippen LogP contribution is -2.17. The number of hydrogen-bond donors (Lipinski definition) is 0. The lowest BCUT2D eigenvalue weighted by molar-refractivity contribution is 0.434. The van der Waals surface area contributed by atoms with Crippen molar-refractivity contribution in [3.05, 3.63) is 84.4 Å². The molecule has 27 heavy (non-hydrogen) atoms. The zero-order chi connectivity index (χ0) is 19.1. The largest absolute Gasteiger partial charge is 0.337 e. The molecule has 1 heterocycles. The van der Waals surface area contributed by atoms with Gasteiger partial charge in [-0.1, -0.05) is 63.2 Å². The fourth-order valence-corrected chi connectivity index (χ4v) is 4.68. The number of hydrogen-bond acceptors (Lipinski definition) is 2. The topological polar surface area (TPSA) is 17.8 Å². The van der Waals surface area contributed by atoms with E-state index in [-0.39, 0.29) is 0 Å². The van der Waals surface area contributed by atoms with Crippen LogP contribution in [0.5, 0.6) is 0 Å². The highest BCUT2D eigenvalue weighted by molar-refractivity contribution is 7.99. The maximum atomic E-state index is 4.19. The Morgan fingerprint density at radius 2 is 1.63 bits per heavy atom. The molecule has 0 amide bonds. The SMILES string of the molecule is CC(C)CCSc1ccc(C(c2ccccc2)C(C)Cn2ccnc2)cc1. The molecule has 0 spiro atoms. The smallest absolute Gasteiger partial charge is 0.0946 e. The molecular formula is C24H30N2S. The second kappa shape index (κ2) is 9.80. The molecule has 142 valence electrons. The molecule has 2 nitrogen and oxygen atoms in total. The minimum atomic E-state index is 0.378. The molecule has 0 aliphatic carbocycles. The molecule has 0 radical (unpaired) electrons. The van der Waals surface area contributed by atoms with E-state index in [2.05, 4.69) is 84.9 Å². The monoisotopic (exact) mass is 378 g/mol. The van der Waals surface area contributed by atoms with Gasteiger partial charge in [0.05, 0.1) is 6.33 Å². The van der Waals surface area contributed by atoms with Gasteiger partial charge in [-0.3, -0.25) is 0 Å². The van der Waals surface area contributed by atoms with Gasteiger partial charge in [0.15, 0.2) is 0 Å². The highest BCUT2D eigenvalue weighted by atomic mass is 32.2. The van der Waals surface area contributed by atoms with Crippen LogP contribution in [0.3, 0.4) is 0 Å². The Kier molecular flexibility index (Phi) is 7.17. The van der Waals surface area contributed by atoms with Crippen molar-refractivity contribution in [1.29, 1.82) is 0 Å². The molecule has 0 aliphatic heterocycles. The Labute approximate surface area is 168 Å². The Bertz CT molecular complexity index is 779. The van der Waals surface area contributed by atoms with Gasteiger partial charge in [0.25, 0.3) is 0 Å². The Balaban J connectivity index is 1.78. The molecule has 3 rings (SSSR count). The van der Waals surface area contributed by atoms with Gasteiger partial charge in [0.2, 0.25) is 0 Å².